The molecule has 33 heavy (non-hydrogen) atoms. The maximum absolute atomic E-state index is 13.6. The van der Waals surface area contributed by atoms with Gasteiger partial charge in [-0.05, 0) is 42.5 Å². The number of para-hydroxylation sites is 1. The van der Waals surface area contributed by atoms with E-state index in [1.807, 2.05) is 48.5 Å². The Morgan fingerprint density at radius 3 is 1.94 bits per heavy atom. The van der Waals surface area contributed by atoms with Gasteiger partial charge in [-0.2, -0.15) is 0 Å². The highest BCUT2D eigenvalue weighted by atomic mass is 35.5. The van der Waals surface area contributed by atoms with E-state index in [0.29, 0.717) is 34.4 Å². The zero-order chi connectivity index (χ0) is 22.8. The number of rotatable bonds is 5. The van der Waals surface area contributed by atoms with Crippen LogP contribution in [-0.2, 0) is 9.59 Å². The van der Waals surface area contributed by atoms with Gasteiger partial charge < -0.3 is 9.80 Å². The Morgan fingerprint density at radius 1 is 0.667 bits per heavy atom. The molecule has 0 saturated carbocycles. The summed E-state index contributed by atoms with van der Waals surface area (Å²) in [7, 11) is 0. The van der Waals surface area contributed by atoms with E-state index in [1.165, 1.54) is 22.3 Å². The SMILES string of the molecule is O=C1C(Sc2ccccc2)=C(N2CCN(c3ccccc3)CC2)C(=O)N1c1cccc(Cl)c1. The minimum atomic E-state index is -0.309. The third kappa shape index (κ3) is 4.36. The molecule has 7 heteroatoms. The molecule has 5 rings (SSSR count). The van der Waals surface area contributed by atoms with E-state index in [4.69, 9.17) is 11.6 Å². The lowest BCUT2D eigenvalue weighted by molar-refractivity contribution is -0.121. The molecule has 0 N–H and O–H groups in total. The quantitative estimate of drug-likeness (QED) is 0.484. The van der Waals surface area contributed by atoms with Crippen LogP contribution in [0.2, 0.25) is 5.02 Å². The van der Waals surface area contributed by atoms with Gasteiger partial charge >= 0.3 is 0 Å². The third-order valence-corrected chi connectivity index (χ3v) is 7.08. The lowest BCUT2D eigenvalue weighted by atomic mass is 10.2. The summed E-state index contributed by atoms with van der Waals surface area (Å²) >= 11 is 7.50. The van der Waals surface area contributed by atoms with Crippen molar-refractivity contribution >= 4 is 46.6 Å². The predicted octanol–water partition coefficient (Wildman–Crippen LogP) is 5.04. The van der Waals surface area contributed by atoms with Crippen LogP contribution in [0, 0.1) is 0 Å². The van der Waals surface area contributed by atoms with Crippen molar-refractivity contribution in [2.75, 3.05) is 36.0 Å². The molecular formula is C26H22ClN3O2S. The maximum Gasteiger partial charge on any atom is 0.283 e. The summed E-state index contributed by atoms with van der Waals surface area (Å²) in [4.78, 5) is 34.1. The van der Waals surface area contributed by atoms with Crippen molar-refractivity contribution in [1.29, 1.82) is 0 Å². The number of hydrogen-bond acceptors (Lipinski definition) is 5. The summed E-state index contributed by atoms with van der Waals surface area (Å²) in [5.74, 6) is -0.606. The first kappa shape index (κ1) is 21.6. The van der Waals surface area contributed by atoms with E-state index in [1.54, 1.807) is 24.3 Å². The van der Waals surface area contributed by atoms with Crippen LogP contribution in [0.1, 0.15) is 0 Å². The number of thioether (sulfide) groups is 1. The molecule has 2 amide bonds. The number of carbonyl (C=O) groups is 2. The van der Waals surface area contributed by atoms with Gasteiger partial charge in [0.05, 0.1) is 5.69 Å². The van der Waals surface area contributed by atoms with Crippen molar-refractivity contribution in [3.8, 4) is 0 Å². The van der Waals surface area contributed by atoms with Crippen LogP contribution >= 0.6 is 23.4 Å². The van der Waals surface area contributed by atoms with Crippen LogP contribution in [0.3, 0.4) is 0 Å². The van der Waals surface area contributed by atoms with Crippen LogP contribution in [0.15, 0.2) is 100 Å². The van der Waals surface area contributed by atoms with Crippen LogP contribution < -0.4 is 9.80 Å². The first-order valence-electron chi connectivity index (χ1n) is 10.8. The smallest absolute Gasteiger partial charge is 0.283 e. The summed E-state index contributed by atoms with van der Waals surface area (Å²) in [5, 5.41) is 0.482. The van der Waals surface area contributed by atoms with Crippen LogP contribution in [0.25, 0.3) is 0 Å². The Kier molecular flexibility index (Phi) is 6.11. The van der Waals surface area contributed by atoms with Gasteiger partial charge in [-0.25, -0.2) is 4.90 Å². The number of carbonyl (C=O) groups excluding carboxylic acids is 2. The van der Waals surface area contributed by atoms with E-state index in [0.717, 1.165) is 18.0 Å². The molecule has 1 saturated heterocycles. The minimum Gasteiger partial charge on any atom is -0.368 e. The van der Waals surface area contributed by atoms with Gasteiger partial charge in [0.1, 0.15) is 10.6 Å². The number of hydrogen-bond donors (Lipinski definition) is 0. The first-order valence-corrected chi connectivity index (χ1v) is 12.0. The zero-order valence-corrected chi connectivity index (χ0v) is 19.4. The van der Waals surface area contributed by atoms with Crippen LogP contribution in [0.4, 0.5) is 11.4 Å². The fourth-order valence-electron chi connectivity index (χ4n) is 4.15. The molecule has 0 aromatic heterocycles. The Hall–Kier alpha value is -3.22. The molecule has 0 atom stereocenters. The number of amides is 2. The average molecular weight is 476 g/mol. The number of imide groups is 1. The van der Waals surface area contributed by atoms with Gasteiger partial charge in [-0.15, -0.1) is 0 Å². The second-order valence-corrected chi connectivity index (χ2v) is 9.35. The monoisotopic (exact) mass is 475 g/mol. The van der Waals surface area contributed by atoms with Gasteiger partial charge in [0.15, 0.2) is 0 Å². The largest absolute Gasteiger partial charge is 0.368 e. The van der Waals surface area contributed by atoms with Gasteiger partial charge in [-0.3, -0.25) is 9.59 Å². The molecule has 2 heterocycles. The van der Waals surface area contributed by atoms with Crippen molar-refractivity contribution in [3.05, 3.63) is 101 Å². The van der Waals surface area contributed by atoms with Crippen molar-refractivity contribution in [3.63, 3.8) is 0 Å². The third-order valence-electron chi connectivity index (χ3n) is 5.76. The van der Waals surface area contributed by atoms with Crippen molar-refractivity contribution in [2.45, 2.75) is 4.90 Å². The van der Waals surface area contributed by atoms with E-state index in [2.05, 4.69) is 21.9 Å². The summed E-state index contributed by atoms with van der Waals surface area (Å²) in [6, 6.07) is 26.8. The second kappa shape index (κ2) is 9.33. The van der Waals surface area contributed by atoms with E-state index in [9.17, 15) is 9.59 Å². The Labute approximate surface area is 202 Å². The van der Waals surface area contributed by atoms with Crippen molar-refractivity contribution in [1.82, 2.24) is 4.90 Å². The highest BCUT2D eigenvalue weighted by molar-refractivity contribution is 8.04. The van der Waals surface area contributed by atoms with E-state index >= 15 is 0 Å². The molecule has 5 nitrogen and oxygen atoms in total. The molecule has 0 unspecified atom stereocenters. The van der Waals surface area contributed by atoms with E-state index < -0.39 is 0 Å². The molecule has 166 valence electrons. The summed E-state index contributed by atoms with van der Waals surface area (Å²) in [5.41, 5.74) is 2.13. The standard InChI is InChI=1S/C26H22ClN3O2S/c27-19-8-7-11-21(18-19)30-25(31)23(24(26(30)32)33-22-12-5-2-6-13-22)29-16-14-28(15-17-29)20-9-3-1-4-10-20/h1-13,18H,14-17H2. The highest BCUT2D eigenvalue weighted by Gasteiger charge is 2.43. The molecule has 0 spiro atoms. The lowest BCUT2D eigenvalue weighted by Crippen LogP contribution is -2.47. The first-order chi connectivity index (χ1) is 16.1. The fraction of sp³-hybridized carbons (Fsp3) is 0.154. The predicted molar refractivity (Wildman–Crippen MR) is 133 cm³/mol. The number of benzene rings is 3. The molecule has 2 aliphatic rings. The molecule has 2 aliphatic heterocycles. The Morgan fingerprint density at radius 2 is 1.27 bits per heavy atom. The minimum absolute atomic E-state index is 0.297. The summed E-state index contributed by atoms with van der Waals surface area (Å²) < 4.78 is 0. The number of piperazine rings is 1. The molecule has 3 aromatic rings. The molecule has 0 aliphatic carbocycles. The molecule has 1 fully saturated rings. The Balaban J connectivity index is 1.46. The van der Waals surface area contributed by atoms with Gasteiger partial charge in [0.2, 0.25) is 0 Å². The molecule has 3 aromatic carbocycles. The normalized spacial score (nSPS) is 16.7. The second-order valence-electron chi connectivity index (χ2n) is 7.83. The lowest BCUT2D eigenvalue weighted by Gasteiger charge is -2.37. The van der Waals surface area contributed by atoms with Crippen LogP contribution in [-0.4, -0.2) is 42.9 Å². The molecular weight excluding hydrogens is 454 g/mol. The topological polar surface area (TPSA) is 43.9 Å². The van der Waals surface area contributed by atoms with Crippen molar-refractivity contribution < 1.29 is 9.59 Å². The summed E-state index contributed by atoms with van der Waals surface area (Å²) in [6.45, 7) is 2.86. The highest BCUT2D eigenvalue weighted by Crippen LogP contribution is 2.39. The summed E-state index contributed by atoms with van der Waals surface area (Å²) in [6.07, 6.45) is 0. The van der Waals surface area contributed by atoms with Crippen molar-refractivity contribution in [2.24, 2.45) is 0 Å². The van der Waals surface area contributed by atoms with E-state index in [-0.39, 0.29) is 11.8 Å². The molecule has 0 bridgehead atoms. The average Bonchev–Trinajstić information content (AvgIpc) is 3.09. The van der Waals surface area contributed by atoms with Crippen LogP contribution in [0.5, 0.6) is 0 Å². The van der Waals surface area contributed by atoms with Gasteiger partial charge in [0.25, 0.3) is 11.8 Å². The van der Waals surface area contributed by atoms with Gasteiger partial charge in [0, 0.05) is 41.8 Å². The number of anilines is 2. The number of nitrogens with zero attached hydrogens (tertiary/aromatic N) is 3. The number of halogens is 1. The fourth-order valence-corrected chi connectivity index (χ4v) is 5.36. The van der Waals surface area contributed by atoms with Gasteiger partial charge in [-0.1, -0.05) is 65.8 Å². The molecule has 0 radical (unpaired) electrons. The zero-order valence-electron chi connectivity index (χ0n) is 17.9. The maximum atomic E-state index is 13.6. The Bertz CT molecular complexity index is 1210.